The van der Waals surface area contributed by atoms with Crippen LogP contribution in [0.25, 0.3) is 0 Å². The second-order valence-electron chi connectivity index (χ2n) is 28.0. The van der Waals surface area contributed by atoms with Crippen molar-refractivity contribution in [3.8, 4) is 0 Å². The number of aliphatic hydroxyl groups is 2. The summed E-state index contributed by atoms with van der Waals surface area (Å²) >= 11 is 3.65. The lowest BCUT2D eigenvalue weighted by molar-refractivity contribution is -0.141. The van der Waals surface area contributed by atoms with Gasteiger partial charge in [0.05, 0.1) is 19.3 Å². The Balaban J connectivity index is -0.0000000935. The Hall–Kier alpha value is -9.54. The van der Waals surface area contributed by atoms with E-state index in [0.717, 1.165) is 96.4 Å². The van der Waals surface area contributed by atoms with Gasteiger partial charge in [0.15, 0.2) is 0 Å². The van der Waals surface area contributed by atoms with E-state index in [2.05, 4.69) is 23.7 Å². The molecule has 780 valence electrons. The van der Waals surface area contributed by atoms with Crippen LogP contribution in [0.15, 0.2) is 0 Å². The van der Waals surface area contributed by atoms with Crippen LogP contribution in [0.2, 0.25) is 0 Å². The Labute approximate surface area is 766 Å². The number of carbonyl (C=O) groups is 17. The Kier molecular flexibility index (Phi) is 121. The van der Waals surface area contributed by atoms with Crippen molar-refractivity contribution < 1.29 is 179 Å². The zero-order chi connectivity index (χ0) is 107. The summed E-state index contributed by atoms with van der Waals surface area (Å²) in [6, 6.07) is -11.2. The van der Waals surface area contributed by atoms with E-state index in [1.165, 1.54) is 6.92 Å². The predicted octanol–water partition coefficient (Wildman–Crippen LogP) is -7.54. The molecule has 0 radical (unpaired) electrons. The summed E-state index contributed by atoms with van der Waals surface area (Å²) in [4.78, 5) is 169. The molecule has 0 saturated carbocycles. The minimum atomic E-state index is -1.18. The summed E-state index contributed by atoms with van der Waals surface area (Å²) < 4.78 is 0. The van der Waals surface area contributed by atoms with Gasteiger partial charge in [0.25, 0.3) is 0 Å². The largest absolute Gasteiger partial charge is 0.481 e. The van der Waals surface area contributed by atoms with Gasteiger partial charge in [0.2, 0.25) is 0 Å². The van der Waals surface area contributed by atoms with Crippen molar-refractivity contribution in [2.75, 3.05) is 58.2 Å². The van der Waals surface area contributed by atoms with E-state index in [1.807, 2.05) is 27.7 Å². The number of aliphatic hydroxyl groups excluding tert-OH is 2. The number of carboxylic acids is 17. The predicted molar refractivity (Wildman–Crippen MR) is 483 cm³/mol. The number of aliphatic carboxylic acids is 17. The number of nitrogens with one attached hydrogen (secondary N) is 1. The molecule has 58 N–H and O–H groups in total. The number of carboxylic acid groups (broad SMARTS) is 17. The molecule has 17 atom stereocenters. The molecule has 1 fully saturated rings. The Morgan fingerprint density at radius 2 is 0.527 bits per heavy atom. The van der Waals surface area contributed by atoms with Crippen molar-refractivity contribution >= 4 is 114 Å². The standard InChI is InChI=1S/5C6H14N2O2.2C6H13NO2.2C5H9NO4.C5H9NO2.C5H11NO2.C4H9NO3.C3H7NO3.C3H7NO2S.C2H5NO2/c5*7-4-2-1-3-5(8)6(9)10;2*1-3-4(2)5(7)6(8)9;2*6-3(5(9)10)1-2-4(7)8;7-5(8)4-2-1-3-6-4;1-3(2)4(6)5(7)8;1-2(6)3(5)4(7)8;4-2(1-5)3(6)7;4-2(1-7)3(5)6;3-1-2(4)5/h5*5H,1-4,7-8H2,(H,9,10);2*4-5H,3,7H2,1-2H3,(H,8,9);2*3H,1-2,6H2,(H,7,8)(H,9,10);4,6H,1-3H2,(H,7,8);3-4H,6H2,1-2H3,(H,7,8);2-3,6H,5H2,1H3,(H,7,8);2,5H,1,4H2,(H,6,7);2,7H,1,4H2,(H,5,6);1,3H2,(H,4,5)/t5*5-;2*4-,5-;2*3-;2*4-;2-,3+;2*2-;/m00000000000100./s1. The fraction of sp³-hybridized carbons (Fsp3) is 0.770. The number of hydrogen-bond donors (Lipinski definition) is 40. The summed E-state index contributed by atoms with van der Waals surface area (Å²) in [7, 11) is 0. The molecule has 1 aliphatic heterocycles. The zero-order valence-electron chi connectivity index (χ0n) is 75.9. The highest BCUT2D eigenvalue weighted by Crippen LogP contribution is 2.07. The lowest BCUT2D eigenvalue weighted by Crippen LogP contribution is -2.39. The molecule has 0 bridgehead atoms. The second-order valence-corrected chi connectivity index (χ2v) is 28.3. The molecule has 0 aromatic carbocycles. The van der Waals surface area contributed by atoms with Crippen molar-refractivity contribution in [1.82, 2.24) is 5.32 Å². The van der Waals surface area contributed by atoms with Crippen molar-refractivity contribution in [3.05, 3.63) is 0 Å². The maximum absolute atomic E-state index is 10.2. The van der Waals surface area contributed by atoms with Crippen molar-refractivity contribution in [2.24, 2.45) is 127 Å². The van der Waals surface area contributed by atoms with Gasteiger partial charge in [-0.1, -0.05) is 86.5 Å². The lowest BCUT2D eigenvalue weighted by Gasteiger charge is -2.11. The molecule has 57 heteroatoms. The molecule has 1 saturated heterocycles. The van der Waals surface area contributed by atoms with E-state index in [-0.39, 0.29) is 61.8 Å². The SMILES string of the molecule is CC(C)[C@H](N)C(=O)O.CC[C@H](C)[C@H](N)C(=O)O.CC[C@H](C)[C@H](N)C(=O)O.C[C@@H](O)[C@H](N)C(=O)O.NCC(=O)O.NCCCC[C@H](N)C(=O)O.NCCCC[C@H](N)C(=O)O.NCCCC[C@H](N)C(=O)O.NCCCC[C@H](N)C(=O)O.NCCCC[C@H](N)C(=O)O.N[C@@H](CCC(=O)O)C(=O)O.N[C@@H](CCC(=O)O)C(=O)O.N[C@@H](CO)C(=O)O.N[C@@H](CS)C(=O)O.O=C(O)[C@@H]1CCCN1. The fourth-order valence-electron chi connectivity index (χ4n) is 6.50. The highest BCUT2D eigenvalue weighted by molar-refractivity contribution is 7.80. The first-order valence-electron chi connectivity index (χ1n) is 40.7. The van der Waals surface area contributed by atoms with Crippen LogP contribution in [0.1, 0.15) is 196 Å². The third-order valence-corrected chi connectivity index (χ3v) is 16.3. The first-order valence-corrected chi connectivity index (χ1v) is 41.4. The average Bonchev–Trinajstić information content (AvgIpc) is 1.80. The van der Waals surface area contributed by atoms with E-state index in [9.17, 15) is 81.5 Å². The van der Waals surface area contributed by atoms with Gasteiger partial charge in [0, 0.05) is 18.6 Å². The molecule has 0 aromatic rings. The zero-order valence-corrected chi connectivity index (χ0v) is 76.8. The van der Waals surface area contributed by atoms with Crippen molar-refractivity contribution in [1.29, 1.82) is 0 Å². The van der Waals surface area contributed by atoms with Gasteiger partial charge >= 0.3 is 101 Å². The third kappa shape index (κ3) is 129. The van der Waals surface area contributed by atoms with E-state index < -0.39 is 193 Å². The molecule has 0 aliphatic carbocycles. The van der Waals surface area contributed by atoms with Gasteiger partial charge in [-0.2, -0.15) is 12.6 Å². The molecule has 1 rings (SSSR count). The van der Waals surface area contributed by atoms with Crippen molar-refractivity contribution in [2.45, 2.75) is 287 Å². The van der Waals surface area contributed by atoms with Crippen LogP contribution in [0.5, 0.6) is 0 Å². The Morgan fingerprint density at radius 1 is 0.313 bits per heavy atom. The third-order valence-electron chi connectivity index (χ3n) is 15.9. The van der Waals surface area contributed by atoms with E-state index >= 15 is 0 Å². The minimum absolute atomic E-state index is 0.0208. The number of thiol groups is 1. The second kappa shape index (κ2) is 104. The normalized spacial score (nSPS) is 14.5. The maximum atomic E-state index is 10.2. The molecule has 0 spiro atoms. The molecular formula is C74H162N20O36S. The van der Waals surface area contributed by atoms with E-state index in [0.29, 0.717) is 64.8 Å². The molecule has 1 aliphatic rings. The van der Waals surface area contributed by atoms with Crippen LogP contribution in [0.3, 0.4) is 0 Å². The van der Waals surface area contributed by atoms with Crippen LogP contribution >= 0.6 is 12.6 Å². The van der Waals surface area contributed by atoms with Gasteiger partial charge in [-0.3, -0.25) is 81.5 Å². The average molecular weight is 1940 g/mol. The van der Waals surface area contributed by atoms with Gasteiger partial charge < -0.3 is 211 Å². The van der Waals surface area contributed by atoms with Crippen LogP contribution in [0, 0.1) is 17.8 Å². The van der Waals surface area contributed by atoms with Gasteiger partial charge in [-0.05, 0) is 154 Å². The van der Waals surface area contributed by atoms with Crippen LogP contribution in [-0.4, -0.2) is 347 Å². The number of hydrogen-bond acceptors (Lipinski definition) is 40. The number of unbranched alkanes of at least 4 members (excludes halogenated alkanes) is 5. The molecule has 1 heterocycles. The number of nitrogens with two attached hydrogens (primary N) is 19. The summed E-state index contributed by atoms with van der Waals surface area (Å²) in [6.07, 6.45) is 12.8. The highest BCUT2D eigenvalue weighted by Gasteiger charge is 2.23. The molecule has 0 aromatic heterocycles. The molecule has 0 amide bonds. The van der Waals surface area contributed by atoms with Crippen LogP contribution < -0.4 is 114 Å². The highest BCUT2D eigenvalue weighted by atomic mass is 32.1. The van der Waals surface area contributed by atoms with E-state index in [1.54, 1.807) is 13.8 Å². The summed E-state index contributed by atoms with van der Waals surface area (Å²) in [5.74, 6) is -16.5. The monoisotopic (exact) mass is 1940 g/mol. The summed E-state index contributed by atoms with van der Waals surface area (Å²) in [6.45, 7) is 15.5. The van der Waals surface area contributed by atoms with Crippen molar-refractivity contribution in [3.63, 3.8) is 0 Å². The smallest absolute Gasteiger partial charge is 0.323 e. The Morgan fingerprint density at radius 3 is 0.603 bits per heavy atom. The minimum Gasteiger partial charge on any atom is -0.481 e. The number of rotatable bonds is 49. The Bertz CT molecular complexity index is 2700. The van der Waals surface area contributed by atoms with Gasteiger partial charge in [-0.25, -0.2) is 0 Å². The topological polar surface area (TPSA) is 1180 Å². The molecule has 131 heavy (non-hydrogen) atoms. The molecule has 56 nitrogen and oxygen atoms in total. The van der Waals surface area contributed by atoms with Gasteiger partial charge in [0.1, 0.15) is 84.6 Å². The van der Waals surface area contributed by atoms with Crippen LogP contribution in [0.4, 0.5) is 0 Å². The molecular weight excluding hydrogens is 1780 g/mol. The first kappa shape index (κ1) is 153. The quantitative estimate of drug-likeness (QED) is 0.0199. The summed E-state index contributed by atoms with van der Waals surface area (Å²) in [5, 5.41) is 158. The maximum Gasteiger partial charge on any atom is 0.323 e. The fourth-order valence-corrected chi connectivity index (χ4v) is 6.66. The van der Waals surface area contributed by atoms with Crippen LogP contribution in [-0.2, 0) is 81.5 Å². The van der Waals surface area contributed by atoms with E-state index in [4.69, 9.17) is 200 Å². The van der Waals surface area contributed by atoms with Gasteiger partial charge in [-0.15, -0.1) is 0 Å². The lowest BCUT2D eigenvalue weighted by atomic mass is 10.0. The molecule has 0 unspecified atom stereocenters. The first-order chi connectivity index (χ1) is 60.2. The summed E-state index contributed by atoms with van der Waals surface area (Å²) in [5.41, 5.74) is 97.0.